The van der Waals surface area contributed by atoms with Gasteiger partial charge in [0.15, 0.2) is 17.9 Å². The maximum Gasteiger partial charge on any atom is 0.191 e. The first-order valence-electron chi connectivity index (χ1n) is 4.75. The number of fused-ring (bicyclic) bond motifs is 1. The quantitative estimate of drug-likeness (QED) is 0.787. The highest BCUT2D eigenvalue weighted by atomic mass is 35.5. The second-order valence-corrected chi connectivity index (χ2v) is 4.94. The van der Waals surface area contributed by atoms with Gasteiger partial charge < -0.3 is 13.9 Å². The van der Waals surface area contributed by atoms with E-state index in [1.165, 1.54) is 17.7 Å². The topological polar surface area (TPSA) is 44.5 Å². The van der Waals surface area contributed by atoms with Crippen LogP contribution in [-0.2, 0) is 0 Å². The largest absolute Gasteiger partial charge is 0.484 e. The average molecular weight is 258 g/mol. The van der Waals surface area contributed by atoms with Crippen molar-refractivity contribution in [2.45, 2.75) is 6.92 Å². The van der Waals surface area contributed by atoms with E-state index < -0.39 is 0 Å². The van der Waals surface area contributed by atoms with E-state index in [0.29, 0.717) is 29.0 Å². The Labute approximate surface area is 101 Å². The van der Waals surface area contributed by atoms with Crippen LogP contribution in [0.3, 0.4) is 0 Å². The number of halogens is 1. The molecule has 6 heteroatoms. The van der Waals surface area contributed by atoms with Crippen LogP contribution in [0, 0.1) is 6.92 Å². The molecule has 0 saturated carbocycles. The smallest absolute Gasteiger partial charge is 0.191 e. The summed E-state index contributed by atoms with van der Waals surface area (Å²) in [6, 6.07) is 0. The van der Waals surface area contributed by atoms with Crippen LogP contribution in [-0.4, -0.2) is 18.2 Å². The van der Waals surface area contributed by atoms with Crippen LogP contribution in [0.5, 0.6) is 11.5 Å². The molecule has 0 bridgehead atoms. The van der Waals surface area contributed by atoms with Crippen molar-refractivity contribution >= 4 is 22.9 Å². The van der Waals surface area contributed by atoms with Crippen molar-refractivity contribution in [3.8, 4) is 22.1 Å². The minimum absolute atomic E-state index is 0.528. The zero-order chi connectivity index (χ0) is 11.1. The van der Waals surface area contributed by atoms with E-state index in [-0.39, 0.29) is 0 Å². The van der Waals surface area contributed by atoms with Crippen molar-refractivity contribution in [1.29, 1.82) is 0 Å². The molecular formula is C10H8ClNO3S. The van der Waals surface area contributed by atoms with Crippen LogP contribution in [0.4, 0.5) is 0 Å². The summed E-state index contributed by atoms with van der Waals surface area (Å²) in [5.74, 6) is 2.04. The highest BCUT2D eigenvalue weighted by Crippen LogP contribution is 2.51. The molecule has 3 heterocycles. The predicted molar refractivity (Wildman–Crippen MR) is 60.6 cm³/mol. The molecule has 16 heavy (non-hydrogen) atoms. The number of nitrogens with zero attached hydrogens (tertiary/aromatic N) is 1. The van der Waals surface area contributed by atoms with E-state index >= 15 is 0 Å². The van der Waals surface area contributed by atoms with Crippen LogP contribution >= 0.6 is 22.9 Å². The average Bonchev–Trinajstić information content (AvgIpc) is 2.84. The summed E-state index contributed by atoms with van der Waals surface area (Å²) in [4.78, 5) is 5.02. The monoisotopic (exact) mass is 257 g/mol. The van der Waals surface area contributed by atoms with Gasteiger partial charge in [0.05, 0.1) is 0 Å². The van der Waals surface area contributed by atoms with E-state index in [2.05, 4.69) is 4.98 Å². The molecule has 84 valence electrons. The molecule has 1 aliphatic rings. The van der Waals surface area contributed by atoms with E-state index in [4.69, 9.17) is 25.5 Å². The molecule has 0 spiro atoms. The van der Waals surface area contributed by atoms with Gasteiger partial charge in [-0.05, 0) is 6.92 Å². The lowest BCUT2D eigenvalue weighted by Crippen LogP contribution is -2.14. The molecule has 2 aromatic rings. The van der Waals surface area contributed by atoms with E-state index in [1.807, 2.05) is 6.92 Å². The molecule has 3 rings (SSSR count). The first kappa shape index (κ1) is 9.99. The summed E-state index contributed by atoms with van der Waals surface area (Å²) in [5.41, 5.74) is 0.763. The molecular weight excluding hydrogens is 250 g/mol. The van der Waals surface area contributed by atoms with Gasteiger partial charge in [-0.15, -0.1) is 11.3 Å². The SMILES string of the molecule is Cc1ocnc1-c1sc(Cl)c2c1OCCO2. The Balaban J connectivity index is 2.18. The predicted octanol–water partition coefficient (Wildman–Crippen LogP) is 3.14. The third-order valence-corrected chi connectivity index (χ3v) is 3.67. The van der Waals surface area contributed by atoms with Gasteiger partial charge in [0.2, 0.25) is 0 Å². The molecule has 0 atom stereocenters. The minimum Gasteiger partial charge on any atom is -0.484 e. The minimum atomic E-state index is 0.528. The Kier molecular flexibility index (Phi) is 2.29. The van der Waals surface area contributed by atoms with Gasteiger partial charge >= 0.3 is 0 Å². The van der Waals surface area contributed by atoms with Crippen LogP contribution in [0.25, 0.3) is 10.6 Å². The van der Waals surface area contributed by atoms with Gasteiger partial charge in [0, 0.05) is 0 Å². The number of hydrogen-bond donors (Lipinski definition) is 0. The molecule has 0 fully saturated rings. The summed E-state index contributed by atoms with van der Waals surface area (Å²) in [5, 5.41) is 0. The molecule has 0 N–H and O–H groups in total. The maximum absolute atomic E-state index is 6.09. The molecule has 0 aliphatic carbocycles. The normalized spacial score (nSPS) is 14.1. The fourth-order valence-corrected chi connectivity index (χ4v) is 2.93. The highest BCUT2D eigenvalue weighted by molar-refractivity contribution is 7.20. The standard InChI is InChI=1S/C10H8ClNO3S/c1-5-6(12-4-15-5)9-7-8(10(11)16-9)14-3-2-13-7/h4H,2-3H2,1H3. The number of thiophene rings is 1. The number of aromatic nitrogens is 1. The number of rotatable bonds is 1. The van der Waals surface area contributed by atoms with E-state index in [0.717, 1.165) is 16.3 Å². The molecule has 0 amide bonds. The third kappa shape index (κ3) is 1.39. The van der Waals surface area contributed by atoms with Crippen molar-refractivity contribution in [3.05, 3.63) is 16.5 Å². The zero-order valence-electron chi connectivity index (χ0n) is 8.45. The first-order chi connectivity index (χ1) is 7.77. The Morgan fingerprint density at radius 1 is 1.31 bits per heavy atom. The lowest BCUT2D eigenvalue weighted by atomic mass is 10.3. The molecule has 0 radical (unpaired) electrons. The van der Waals surface area contributed by atoms with Crippen LogP contribution < -0.4 is 9.47 Å². The van der Waals surface area contributed by atoms with Crippen molar-refractivity contribution in [3.63, 3.8) is 0 Å². The molecule has 4 nitrogen and oxygen atoms in total. The van der Waals surface area contributed by atoms with E-state index in [9.17, 15) is 0 Å². The van der Waals surface area contributed by atoms with Crippen molar-refractivity contribution < 1.29 is 13.9 Å². The van der Waals surface area contributed by atoms with E-state index in [1.54, 1.807) is 0 Å². The Bertz CT molecular complexity index is 534. The lowest BCUT2D eigenvalue weighted by Gasteiger charge is -2.15. The summed E-state index contributed by atoms with van der Waals surface area (Å²) < 4.78 is 16.8. The van der Waals surface area contributed by atoms with Gasteiger partial charge in [-0.25, -0.2) is 4.98 Å². The highest BCUT2D eigenvalue weighted by Gasteiger charge is 2.26. The summed E-state index contributed by atoms with van der Waals surface area (Å²) in [6.45, 7) is 2.91. The molecule has 0 unspecified atom stereocenters. The second-order valence-electron chi connectivity index (χ2n) is 3.32. The fourth-order valence-electron chi connectivity index (χ4n) is 1.59. The zero-order valence-corrected chi connectivity index (χ0v) is 10.0. The van der Waals surface area contributed by atoms with Gasteiger partial charge in [-0.2, -0.15) is 0 Å². The second kappa shape index (κ2) is 3.68. The number of oxazole rings is 1. The molecule has 2 aromatic heterocycles. The Morgan fingerprint density at radius 3 is 2.75 bits per heavy atom. The summed E-state index contributed by atoms with van der Waals surface area (Å²) in [7, 11) is 0. The lowest BCUT2D eigenvalue weighted by molar-refractivity contribution is 0.174. The van der Waals surface area contributed by atoms with Crippen LogP contribution in [0.1, 0.15) is 5.76 Å². The Morgan fingerprint density at radius 2 is 2.06 bits per heavy atom. The number of aryl methyl sites for hydroxylation is 1. The van der Waals surface area contributed by atoms with Crippen LogP contribution in [0.2, 0.25) is 4.34 Å². The first-order valence-corrected chi connectivity index (χ1v) is 5.95. The van der Waals surface area contributed by atoms with Gasteiger partial charge in [-0.3, -0.25) is 0 Å². The number of hydrogen-bond acceptors (Lipinski definition) is 5. The van der Waals surface area contributed by atoms with Crippen molar-refractivity contribution in [1.82, 2.24) is 4.98 Å². The summed E-state index contributed by atoms with van der Waals surface area (Å²) in [6.07, 6.45) is 1.41. The van der Waals surface area contributed by atoms with Crippen LogP contribution in [0.15, 0.2) is 10.8 Å². The number of ether oxygens (including phenoxy) is 2. The fraction of sp³-hybridized carbons (Fsp3) is 0.300. The van der Waals surface area contributed by atoms with Crippen molar-refractivity contribution in [2.75, 3.05) is 13.2 Å². The molecule has 0 aromatic carbocycles. The van der Waals surface area contributed by atoms with Gasteiger partial charge in [-0.1, -0.05) is 11.6 Å². The van der Waals surface area contributed by atoms with Gasteiger partial charge in [0.25, 0.3) is 0 Å². The Hall–Kier alpha value is -1.20. The van der Waals surface area contributed by atoms with Gasteiger partial charge in [0.1, 0.15) is 33.9 Å². The maximum atomic E-state index is 6.09. The molecule has 1 aliphatic heterocycles. The summed E-state index contributed by atoms with van der Waals surface area (Å²) >= 11 is 7.48. The molecule has 0 saturated heterocycles. The third-order valence-electron chi connectivity index (χ3n) is 2.32. The van der Waals surface area contributed by atoms with Crippen molar-refractivity contribution in [2.24, 2.45) is 0 Å².